The quantitative estimate of drug-likeness (QED) is 0.320. The van der Waals surface area contributed by atoms with Gasteiger partial charge in [-0.3, -0.25) is 4.79 Å². The molecule has 1 nitrogen and oxygen atoms in total. The molecule has 0 spiro atoms. The maximum absolute atomic E-state index is 13.6. The molecule has 0 atom stereocenters. The van der Waals surface area contributed by atoms with Crippen LogP contribution in [0.15, 0.2) is 17.0 Å². The summed E-state index contributed by atoms with van der Waals surface area (Å²) in [4.78, 5) is 11.1. The van der Waals surface area contributed by atoms with Crippen molar-refractivity contribution < 1.29 is 26.7 Å². The molecule has 0 fully saturated rings. The van der Waals surface area contributed by atoms with Crippen molar-refractivity contribution in [3.05, 3.63) is 63.5 Å². The number of aryl methyl sites for hydroxylation is 3. The lowest BCUT2D eigenvalue weighted by Gasteiger charge is -2.11. The molecule has 2 rings (SSSR count). The highest BCUT2D eigenvalue weighted by molar-refractivity contribution is 8.14. The molecule has 0 saturated carbocycles. The Morgan fingerprint density at radius 3 is 1.61 bits per heavy atom. The van der Waals surface area contributed by atoms with Gasteiger partial charge in [-0.25, -0.2) is 22.0 Å². The van der Waals surface area contributed by atoms with Gasteiger partial charge in [0.2, 0.25) is 10.9 Å². The Hall–Kier alpha value is -1.89. The highest BCUT2D eigenvalue weighted by Crippen LogP contribution is 2.34. The Morgan fingerprint density at radius 1 is 0.783 bits per heavy atom. The highest BCUT2D eigenvalue weighted by atomic mass is 32.2. The molecule has 2 aromatic carbocycles. The van der Waals surface area contributed by atoms with E-state index < -0.39 is 39.1 Å². The number of benzene rings is 2. The minimum Gasteiger partial charge on any atom is -0.281 e. The van der Waals surface area contributed by atoms with Crippen molar-refractivity contribution >= 4 is 16.9 Å². The number of hydrogen-bond acceptors (Lipinski definition) is 2. The van der Waals surface area contributed by atoms with Gasteiger partial charge in [-0.2, -0.15) is 0 Å². The monoisotopic (exact) mass is 346 g/mol. The van der Waals surface area contributed by atoms with Crippen LogP contribution in [0.25, 0.3) is 0 Å². The summed E-state index contributed by atoms with van der Waals surface area (Å²) in [5.41, 5.74) is 2.19. The summed E-state index contributed by atoms with van der Waals surface area (Å²) >= 11 is -0.0144. The lowest BCUT2D eigenvalue weighted by atomic mass is 10.0. The van der Waals surface area contributed by atoms with Crippen LogP contribution in [0.4, 0.5) is 22.0 Å². The molecule has 0 amide bonds. The van der Waals surface area contributed by atoms with Crippen molar-refractivity contribution in [2.24, 2.45) is 0 Å². The minimum atomic E-state index is -2.25. The van der Waals surface area contributed by atoms with Crippen molar-refractivity contribution in [1.29, 1.82) is 0 Å². The van der Waals surface area contributed by atoms with Crippen LogP contribution in [-0.4, -0.2) is 5.12 Å². The molecular formula is C16H11F5OS. The number of thioether (sulfide) groups is 1. The normalized spacial score (nSPS) is 11.0. The van der Waals surface area contributed by atoms with Crippen LogP contribution in [0.5, 0.6) is 0 Å². The van der Waals surface area contributed by atoms with Crippen LogP contribution in [0, 0.1) is 49.9 Å². The second-order valence-corrected chi connectivity index (χ2v) is 6.05. The van der Waals surface area contributed by atoms with Crippen molar-refractivity contribution in [2.75, 3.05) is 0 Å². The van der Waals surface area contributed by atoms with Gasteiger partial charge >= 0.3 is 0 Å². The van der Waals surface area contributed by atoms with Crippen molar-refractivity contribution in [3.8, 4) is 0 Å². The largest absolute Gasteiger partial charge is 0.281 e. The van der Waals surface area contributed by atoms with E-state index in [1.54, 1.807) is 26.0 Å². The molecule has 0 bridgehead atoms. The first-order valence-corrected chi connectivity index (χ1v) is 7.28. The third-order valence-corrected chi connectivity index (χ3v) is 4.20. The molecule has 0 aliphatic heterocycles. The number of rotatable bonds is 2. The standard InChI is InChI=1S/C16H11F5OS/c1-6-4-7(2)9(8(3)5-6)16(22)23-15-13(20)11(18)10(17)12(19)14(15)21/h4-5H,1-3H3. The molecular weight excluding hydrogens is 335 g/mol. The van der Waals surface area contributed by atoms with E-state index in [2.05, 4.69) is 0 Å². The van der Waals surface area contributed by atoms with E-state index in [0.717, 1.165) is 5.56 Å². The fourth-order valence-corrected chi connectivity index (χ4v) is 3.29. The van der Waals surface area contributed by atoms with E-state index in [9.17, 15) is 26.7 Å². The Balaban J connectivity index is 2.51. The number of halogens is 5. The Morgan fingerprint density at radius 2 is 1.17 bits per heavy atom. The predicted molar refractivity (Wildman–Crippen MR) is 77.1 cm³/mol. The third kappa shape index (κ3) is 3.10. The van der Waals surface area contributed by atoms with E-state index >= 15 is 0 Å². The number of carbonyl (C=O) groups is 1. The zero-order valence-electron chi connectivity index (χ0n) is 12.4. The van der Waals surface area contributed by atoms with E-state index in [0.29, 0.717) is 11.1 Å². The predicted octanol–water partition coefficient (Wildman–Crippen LogP) is 5.24. The van der Waals surface area contributed by atoms with Gasteiger partial charge in [-0.05, 0) is 43.7 Å². The maximum atomic E-state index is 13.6. The van der Waals surface area contributed by atoms with Gasteiger partial charge in [-0.1, -0.05) is 17.7 Å². The molecule has 0 aromatic heterocycles. The Labute approximate surface area is 133 Å². The average Bonchev–Trinajstić information content (AvgIpc) is 2.46. The first-order valence-electron chi connectivity index (χ1n) is 6.46. The summed E-state index contributed by atoms with van der Waals surface area (Å²) in [6, 6.07) is 3.39. The molecule has 0 aliphatic carbocycles. The van der Waals surface area contributed by atoms with Crippen LogP contribution in [-0.2, 0) is 0 Å². The molecule has 0 heterocycles. The molecule has 0 unspecified atom stereocenters. The smallest absolute Gasteiger partial charge is 0.224 e. The molecule has 23 heavy (non-hydrogen) atoms. The van der Waals surface area contributed by atoms with Crippen LogP contribution in [0.3, 0.4) is 0 Å². The summed E-state index contributed by atoms with van der Waals surface area (Å²) in [5.74, 6) is -10.4. The van der Waals surface area contributed by atoms with E-state index in [1.807, 2.05) is 6.92 Å². The van der Waals surface area contributed by atoms with Crippen molar-refractivity contribution in [3.63, 3.8) is 0 Å². The summed E-state index contributed by atoms with van der Waals surface area (Å²) in [7, 11) is 0. The summed E-state index contributed by atoms with van der Waals surface area (Å²) < 4.78 is 66.7. The lowest BCUT2D eigenvalue weighted by molar-refractivity contribution is 0.108. The molecule has 2 aromatic rings. The second-order valence-electron chi connectivity index (χ2n) is 5.06. The maximum Gasteiger partial charge on any atom is 0.224 e. The Bertz CT molecular complexity index is 765. The van der Waals surface area contributed by atoms with Crippen LogP contribution < -0.4 is 0 Å². The number of carbonyl (C=O) groups excluding carboxylic acids is 1. The van der Waals surface area contributed by atoms with Crippen LogP contribution >= 0.6 is 11.8 Å². The second kappa shape index (κ2) is 6.31. The number of hydrogen-bond donors (Lipinski definition) is 0. The van der Waals surface area contributed by atoms with E-state index in [1.165, 1.54) is 0 Å². The minimum absolute atomic E-state index is 0.0144. The fraction of sp³-hybridized carbons (Fsp3) is 0.188. The molecule has 0 aliphatic rings. The highest BCUT2D eigenvalue weighted by Gasteiger charge is 2.28. The topological polar surface area (TPSA) is 17.1 Å². The van der Waals surface area contributed by atoms with Gasteiger partial charge in [0.05, 0.1) is 4.90 Å². The third-order valence-electron chi connectivity index (χ3n) is 3.25. The summed E-state index contributed by atoms with van der Waals surface area (Å²) in [6.45, 7) is 5.07. The summed E-state index contributed by atoms with van der Waals surface area (Å²) in [6.07, 6.45) is 0. The average molecular weight is 346 g/mol. The molecule has 122 valence electrons. The van der Waals surface area contributed by atoms with Crippen molar-refractivity contribution in [1.82, 2.24) is 0 Å². The Kier molecular flexibility index (Phi) is 4.79. The van der Waals surface area contributed by atoms with Gasteiger partial charge in [0, 0.05) is 5.56 Å². The lowest BCUT2D eigenvalue weighted by Crippen LogP contribution is -2.07. The molecule has 0 saturated heterocycles. The molecule has 7 heteroatoms. The molecule has 0 N–H and O–H groups in total. The van der Waals surface area contributed by atoms with Crippen LogP contribution in [0.2, 0.25) is 0 Å². The molecule has 0 radical (unpaired) electrons. The van der Waals surface area contributed by atoms with Crippen molar-refractivity contribution in [2.45, 2.75) is 25.7 Å². The van der Waals surface area contributed by atoms with Crippen LogP contribution in [0.1, 0.15) is 27.0 Å². The SMILES string of the molecule is Cc1cc(C)c(C(=O)Sc2c(F)c(F)c(F)c(F)c2F)c(C)c1. The summed E-state index contributed by atoms with van der Waals surface area (Å²) in [5, 5.41) is -0.789. The van der Waals surface area contributed by atoms with Gasteiger partial charge in [0.25, 0.3) is 0 Å². The zero-order valence-corrected chi connectivity index (χ0v) is 13.2. The van der Waals surface area contributed by atoms with Gasteiger partial charge in [-0.15, -0.1) is 0 Å². The van der Waals surface area contributed by atoms with E-state index in [-0.39, 0.29) is 17.3 Å². The fourth-order valence-electron chi connectivity index (χ4n) is 2.32. The first-order chi connectivity index (χ1) is 10.6. The van der Waals surface area contributed by atoms with E-state index in [4.69, 9.17) is 0 Å². The van der Waals surface area contributed by atoms with Gasteiger partial charge in [0.1, 0.15) is 0 Å². The van der Waals surface area contributed by atoms with Gasteiger partial charge in [0.15, 0.2) is 23.3 Å². The van der Waals surface area contributed by atoms with Gasteiger partial charge < -0.3 is 0 Å². The first kappa shape index (κ1) is 17.5. The zero-order chi connectivity index (χ0) is 17.5.